The molecule has 0 spiro atoms. The van der Waals surface area contributed by atoms with Crippen molar-refractivity contribution in [1.82, 2.24) is 0 Å². The average Bonchev–Trinajstić information content (AvgIpc) is 2.26. The van der Waals surface area contributed by atoms with E-state index in [-0.39, 0.29) is 18.3 Å². The highest BCUT2D eigenvalue weighted by atomic mass is 19.1. The van der Waals surface area contributed by atoms with Gasteiger partial charge in [-0.2, -0.15) is 0 Å². The molecule has 0 atom stereocenters. The number of rotatable bonds is 3. The highest BCUT2D eigenvalue weighted by Gasteiger charge is 2.14. The molecule has 1 amide bonds. The topological polar surface area (TPSA) is 20.3 Å². The smallest absolute Gasteiger partial charge is 0.254 e. The van der Waals surface area contributed by atoms with Crippen LogP contribution < -0.4 is 4.90 Å². The van der Waals surface area contributed by atoms with Crippen LogP contribution in [0.2, 0.25) is 0 Å². The minimum atomic E-state index is -0.354. The minimum Gasteiger partial charge on any atom is -0.297 e. The lowest BCUT2D eigenvalue weighted by molar-refractivity contribution is -0.114. The van der Waals surface area contributed by atoms with E-state index in [0.29, 0.717) is 11.3 Å². The number of carbonyl (C=O) groups excluding carboxylic acids is 1. The lowest BCUT2D eigenvalue weighted by Crippen LogP contribution is -2.31. The number of terminal acetylenes is 1. The van der Waals surface area contributed by atoms with Gasteiger partial charge in [-0.05, 0) is 31.2 Å². The molecule has 1 aromatic rings. The molecule has 0 saturated heterocycles. The SMILES string of the molecule is C#CCN(C(=O)C(=C)C)c1ccc(F)cc1. The standard InChI is InChI=1S/C13H12FNO/c1-4-9-15(13(16)10(2)3)12-7-5-11(14)6-8-12/h1,5-8H,2,9H2,3H3. The van der Waals surface area contributed by atoms with Gasteiger partial charge in [0.2, 0.25) is 0 Å². The van der Waals surface area contributed by atoms with Crippen LogP contribution in [0.15, 0.2) is 36.4 Å². The molecule has 1 aromatic carbocycles. The van der Waals surface area contributed by atoms with Gasteiger partial charge in [0.05, 0.1) is 6.54 Å². The second-order valence-electron chi connectivity index (χ2n) is 3.35. The summed E-state index contributed by atoms with van der Waals surface area (Å²) < 4.78 is 12.7. The number of benzene rings is 1. The van der Waals surface area contributed by atoms with Crippen molar-refractivity contribution in [3.63, 3.8) is 0 Å². The van der Waals surface area contributed by atoms with Crippen LogP contribution in [0.1, 0.15) is 6.92 Å². The van der Waals surface area contributed by atoms with E-state index in [1.165, 1.54) is 29.2 Å². The summed E-state index contributed by atoms with van der Waals surface area (Å²) in [7, 11) is 0. The van der Waals surface area contributed by atoms with Crippen LogP contribution in [0.3, 0.4) is 0 Å². The number of nitrogens with zero attached hydrogens (tertiary/aromatic N) is 1. The summed E-state index contributed by atoms with van der Waals surface area (Å²) in [6.07, 6.45) is 5.19. The number of halogens is 1. The van der Waals surface area contributed by atoms with Crippen molar-refractivity contribution in [3.05, 3.63) is 42.2 Å². The summed E-state index contributed by atoms with van der Waals surface area (Å²) in [5, 5.41) is 0. The molecule has 0 aromatic heterocycles. The molecule has 0 fully saturated rings. The van der Waals surface area contributed by atoms with Crippen LogP contribution >= 0.6 is 0 Å². The van der Waals surface area contributed by atoms with Gasteiger partial charge >= 0.3 is 0 Å². The molecule has 2 nitrogen and oxygen atoms in total. The van der Waals surface area contributed by atoms with Crippen molar-refractivity contribution in [2.75, 3.05) is 11.4 Å². The van der Waals surface area contributed by atoms with E-state index in [2.05, 4.69) is 12.5 Å². The highest BCUT2D eigenvalue weighted by molar-refractivity contribution is 6.05. The molecule has 0 radical (unpaired) electrons. The minimum absolute atomic E-state index is 0.136. The van der Waals surface area contributed by atoms with E-state index >= 15 is 0 Å². The molecule has 0 heterocycles. The van der Waals surface area contributed by atoms with Crippen molar-refractivity contribution >= 4 is 11.6 Å². The van der Waals surface area contributed by atoms with E-state index in [9.17, 15) is 9.18 Å². The maximum Gasteiger partial charge on any atom is 0.254 e. The third-order valence-electron chi connectivity index (χ3n) is 2.00. The Morgan fingerprint density at radius 3 is 2.50 bits per heavy atom. The van der Waals surface area contributed by atoms with Gasteiger partial charge < -0.3 is 0 Å². The van der Waals surface area contributed by atoms with Gasteiger partial charge in [-0.3, -0.25) is 9.69 Å². The summed E-state index contributed by atoms with van der Waals surface area (Å²) in [5.74, 6) is 1.77. The van der Waals surface area contributed by atoms with E-state index < -0.39 is 0 Å². The Balaban J connectivity index is 3.03. The zero-order chi connectivity index (χ0) is 12.1. The summed E-state index contributed by atoms with van der Waals surface area (Å²) in [6, 6.07) is 5.58. The largest absolute Gasteiger partial charge is 0.297 e. The van der Waals surface area contributed by atoms with E-state index in [4.69, 9.17) is 6.42 Å². The van der Waals surface area contributed by atoms with Crippen LogP contribution in [0.25, 0.3) is 0 Å². The molecule has 0 N–H and O–H groups in total. The van der Waals surface area contributed by atoms with Crippen molar-refractivity contribution < 1.29 is 9.18 Å². The van der Waals surface area contributed by atoms with Crippen LogP contribution in [-0.2, 0) is 4.79 Å². The summed E-state index contributed by atoms with van der Waals surface area (Å²) in [4.78, 5) is 13.1. The number of amides is 1. The fourth-order valence-corrected chi connectivity index (χ4v) is 1.22. The molecule has 0 aliphatic carbocycles. The molecule has 0 bridgehead atoms. The maximum absolute atomic E-state index is 12.7. The van der Waals surface area contributed by atoms with Gasteiger partial charge in [0.15, 0.2) is 0 Å². The lowest BCUT2D eigenvalue weighted by Gasteiger charge is -2.20. The first-order valence-electron chi connectivity index (χ1n) is 4.72. The van der Waals surface area contributed by atoms with Crippen molar-refractivity contribution in [2.45, 2.75) is 6.92 Å². The Kier molecular flexibility index (Phi) is 3.84. The zero-order valence-electron chi connectivity index (χ0n) is 9.03. The number of hydrogen-bond acceptors (Lipinski definition) is 1. The Morgan fingerprint density at radius 1 is 1.50 bits per heavy atom. The summed E-state index contributed by atoms with van der Waals surface area (Å²) in [6.45, 7) is 5.31. The molecule has 0 saturated carbocycles. The Hall–Kier alpha value is -2.08. The average molecular weight is 217 g/mol. The molecule has 16 heavy (non-hydrogen) atoms. The molecular formula is C13H12FNO. The second kappa shape index (κ2) is 5.13. The van der Waals surface area contributed by atoms with E-state index in [1.54, 1.807) is 6.92 Å². The third kappa shape index (κ3) is 2.71. The molecular weight excluding hydrogens is 205 g/mol. The summed E-state index contributed by atoms with van der Waals surface area (Å²) in [5.41, 5.74) is 0.951. The lowest BCUT2D eigenvalue weighted by atomic mass is 10.2. The number of anilines is 1. The maximum atomic E-state index is 12.7. The van der Waals surface area contributed by atoms with Crippen LogP contribution in [-0.4, -0.2) is 12.5 Å². The van der Waals surface area contributed by atoms with Crippen LogP contribution in [0, 0.1) is 18.2 Å². The first-order chi connectivity index (χ1) is 7.56. The molecule has 0 unspecified atom stereocenters. The van der Waals surface area contributed by atoms with Gasteiger partial charge in [-0.25, -0.2) is 4.39 Å². The predicted octanol–water partition coefficient (Wildman–Crippen LogP) is 2.37. The number of hydrogen-bond donors (Lipinski definition) is 0. The van der Waals surface area contributed by atoms with Crippen LogP contribution in [0.4, 0.5) is 10.1 Å². The molecule has 82 valence electrons. The second-order valence-corrected chi connectivity index (χ2v) is 3.35. The zero-order valence-corrected chi connectivity index (χ0v) is 9.03. The molecule has 0 aliphatic rings. The van der Waals surface area contributed by atoms with Crippen molar-refractivity contribution in [3.8, 4) is 12.3 Å². The quantitative estimate of drug-likeness (QED) is 0.562. The summed E-state index contributed by atoms with van der Waals surface area (Å²) >= 11 is 0. The molecule has 1 rings (SSSR count). The Bertz CT molecular complexity index is 442. The van der Waals surface area contributed by atoms with Gasteiger partial charge in [0, 0.05) is 11.3 Å². The Morgan fingerprint density at radius 2 is 2.06 bits per heavy atom. The normalized spacial score (nSPS) is 9.31. The monoisotopic (exact) mass is 217 g/mol. The molecule has 3 heteroatoms. The third-order valence-corrected chi connectivity index (χ3v) is 2.00. The Labute approximate surface area is 94.4 Å². The first-order valence-corrected chi connectivity index (χ1v) is 4.72. The van der Waals surface area contributed by atoms with E-state index in [1.807, 2.05) is 0 Å². The number of carbonyl (C=O) groups is 1. The first kappa shape index (κ1) is 12.0. The van der Waals surface area contributed by atoms with Crippen LogP contribution in [0.5, 0.6) is 0 Å². The van der Waals surface area contributed by atoms with Gasteiger partial charge in [-0.15, -0.1) is 6.42 Å². The van der Waals surface area contributed by atoms with Crippen molar-refractivity contribution in [2.24, 2.45) is 0 Å². The van der Waals surface area contributed by atoms with Crippen molar-refractivity contribution in [1.29, 1.82) is 0 Å². The highest BCUT2D eigenvalue weighted by Crippen LogP contribution is 2.16. The predicted molar refractivity (Wildman–Crippen MR) is 62.4 cm³/mol. The van der Waals surface area contributed by atoms with Gasteiger partial charge in [0.1, 0.15) is 5.82 Å². The fraction of sp³-hybridized carbons (Fsp3) is 0.154. The fourth-order valence-electron chi connectivity index (χ4n) is 1.22. The van der Waals surface area contributed by atoms with Gasteiger partial charge in [0.25, 0.3) is 5.91 Å². The molecule has 0 aliphatic heterocycles. The van der Waals surface area contributed by atoms with E-state index in [0.717, 1.165) is 0 Å². The van der Waals surface area contributed by atoms with Gasteiger partial charge in [-0.1, -0.05) is 12.5 Å².